The summed E-state index contributed by atoms with van der Waals surface area (Å²) in [5.41, 5.74) is 1.30. The van der Waals surface area contributed by atoms with Crippen molar-refractivity contribution in [3.63, 3.8) is 0 Å². The molecule has 0 aromatic heterocycles. The second-order valence-corrected chi connectivity index (χ2v) is 4.30. The van der Waals surface area contributed by atoms with E-state index in [1.165, 1.54) is 18.4 Å². The third-order valence-electron chi connectivity index (χ3n) is 2.96. The SMILES string of the molecule is CCCC(CCCCO)c1ccc(O)cc1. The molecular weight excluding hydrogens is 200 g/mol. The van der Waals surface area contributed by atoms with Gasteiger partial charge in [-0.25, -0.2) is 0 Å². The van der Waals surface area contributed by atoms with Crippen LogP contribution in [0.5, 0.6) is 5.75 Å². The van der Waals surface area contributed by atoms with E-state index in [4.69, 9.17) is 5.11 Å². The van der Waals surface area contributed by atoms with Gasteiger partial charge in [-0.3, -0.25) is 0 Å². The lowest BCUT2D eigenvalue weighted by Gasteiger charge is -2.16. The summed E-state index contributed by atoms with van der Waals surface area (Å²) in [6.45, 7) is 2.48. The van der Waals surface area contributed by atoms with Gasteiger partial charge < -0.3 is 10.2 Å². The number of aromatic hydroxyl groups is 1. The molecule has 0 saturated heterocycles. The zero-order valence-electron chi connectivity index (χ0n) is 10.0. The van der Waals surface area contributed by atoms with Crippen LogP contribution in [0.25, 0.3) is 0 Å². The number of aliphatic hydroxyl groups excluding tert-OH is 1. The molecule has 0 radical (unpaired) electrons. The molecule has 0 fully saturated rings. The van der Waals surface area contributed by atoms with Crippen molar-refractivity contribution in [2.45, 2.75) is 44.9 Å². The van der Waals surface area contributed by atoms with Crippen LogP contribution in [0.1, 0.15) is 50.5 Å². The van der Waals surface area contributed by atoms with Crippen LogP contribution in [0.3, 0.4) is 0 Å². The van der Waals surface area contributed by atoms with Crippen molar-refractivity contribution in [3.05, 3.63) is 29.8 Å². The van der Waals surface area contributed by atoms with E-state index in [9.17, 15) is 5.11 Å². The molecule has 0 amide bonds. The first-order chi connectivity index (χ1) is 7.77. The Balaban J connectivity index is 2.57. The van der Waals surface area contributed by atoms with Crippen LogP contribution in [0.2, 0.25) is 0 Å². The van der Waals surface area contributed by atoms with Gasteiger partial charge in [0, 0.05) is 6.61 Å². The quantitative estimate of drug-likeness (QED) is 0.694. The number of rotatable bonds is 7. The number of hydrogen-bond acceptors (Lipinski definition) is 2. The van der Waals surface area contributed by atoms with Gasteiger partial charge in [0.25, 0.3) is 0 Å². The number of unbranched alkanes of at least 4 members (excludes halogenated alkanes) is 1. The predicted molar refractivity (Wildman–Crippen MR) is 66.7 cm³/mol. The van der Waals surface area contributed by atoms with Gasteiger partial charge in [0.2, 0.25) is 0 Å². The fourth-order valence-corrected chi connectivity index (χ4v) is 2.08. The molecule has 0 aliphatic rings. The molecule has 2 N–H and O–H groups in total. The summed E-state index contributed by atoms with van der Waals surface area (Å²) in [7, 11) is 0. The summed E-state index contributed by atoms with van der Waals surface area (Å²) in [4.78, 5) is 0. The molecule has 0 heterocycles. The molecule has 1 rings (SSSR count). The first-order valence-corrected chi connectivity index (χ1v) is 6.17. The minimum atomic E-state index is 0.286. The smallest absolute Gasteiger partial charge is 0.115 e. The van der Waals surface area contributed by atoms with Gasteiger partial charge in [-0.05, 0) is 42.9 Å². The maximum Gasteiger partial charge on any atom is 0.115 e. The van der Waals surface area contributed by atoms with Crippen molar-refractivity contribution in [2.75, 3.05) is 6.61 Å². The van der Waals surface area contributed by atoms with Crippen LogP contribution in [0.4, 0.5) is 0 Å². The van der Waals surface area contributed by atoms with Gasteiger partial charge >= 0.3 is 0 Å². The van der Waals surface area contributed by atoms with Crippen LogP contribution >= 0.6 is 0 Å². The fraction of sp³-hybridized carbons (Fsp3) is 0.571. The maximum atomic E-state index is 9.25. The molecule has 2 nitrogen and oxygen atoms in total. The molecule has 2 heteroatoms. The first kappa shape index (κ1) is 13.0. The van der Waals surface area contributed by atoms with Gasteiger partial charge in [0.05, 0.1) is 0 Å². The van der Waals surface area contributed by atoms with Crippen LogP contribution < -0.4 is 0 Å². The summed E-state index contributed by atoms with van der Waals surface area (Å²) in [5.74, 6) is 0.895. The van der Waals surface area contributed by atoms with E-state index in [-0.39, 0.29) is 6.61 Å². The minimum absolute atomic E-state index is 0.286. The van der Waals surface area contributed by atoms with E-state index in [1.54, 1.807) is 12.1 Å². The Morgan fingerprint density at radius 2 is 1.75 bits per heavy atom. The molecule has 0 aliphatic carbocycles. The zero-order valence-corrected chi connectivity index (χ0v) is 10.0. The second kappa shape index (κ2) is 7.29. The predicted octanol–water partition coefficient (Wildman–Crippen LogP) is 3.44. The highest BCUT2D eigenvalue weighted by molar-refractivity contribution is 5.28. The Bertz CT molecular complexity index is 279. The Labute approximate surface area is 97.9 Å². The normalized spacial score (nSPS) is 12.6. The van der Waals surface area contributed by atoms with Crippen LogP contribution in [-0.2, 0) is 0 Å². The van der Waals surface area contributed by atoms with Crippen molar-refractivity contribution < 1.29 is 10.2 Å². The van der Waals surface area contributed by atoms with Gasteiger partial charge in [-0.15, -0.1) is 0 Å². The summed E-state index contributed by atoms with van der Waals surface area (Å²) in [6, 6.07) is 7.53. The molecule has 0 spiro atoms. The average molecular weight is 222 g/mol. The van der Waals surface area contributed by atoms with E-state index in [0.29, 0.717) is 11.7 Å². The molecule has 1 unspecified atom stereocenters. The zero-order chi connectivity index (χ0) is 11.8. The van der Waals surface area contributed by atoms with E-state index < -0.39 is 0 Å². The molecule has 1 aromatic rings. The van der Waals surface area contributed by atoms with Crippen molar-refractivity contribution >= 4 is 0 Å². The van der Waals surface area contributed by atoms with Crippen molar-refractivity contribution in [1.82, 2.24) is 0 Å². The van der Waals surface area contributed by atoms with E-state index in [1.807, 2.05) is 12.1 Å². The van der Waals surface area contributed by atoms with Gasteiger partial charge in [-0.1, -0.05) is 31.9 Å². The second-order valence-electron chi connectivity index (χ2n) is 4.30. The van der Waals surface area contributed by atoms with Crippen molar-refractivity contribution in [1.29, 1.82) is 0 Å². The van der Waals surface area contributed by atoms with E-state index >= 15 is 0 Å². The van der Waals surface area contributed by atoms with Crippen LogP contribution in [0.15, 0.2) is 24.3 Å². The summed E-state index contributed by atoms with van der Waals surface area (Å²) >= 11 is 0. The molecule has 16 heavy (non-hydrogen) atoms. The Kier molecular flexibility index (Phi) is 5.94. The standard InChI is InChI=1S/C14H22O2/c1-2-5-12(6-3-4-11-15)13-7-9-14(16)10-8-13/h7-10,12,15-16H,2-6,11H2,1H3. The largest absolute Gasteiger partial charge is 0.508 e. The third-order valence-corrected chi connectivity index (χ3v) is 2.96. The van der Waals surface area contributed by atoms with Crippen molar-refractivity contribution in [3.8, 4) is 5.75 Å². The minimum Gasteiger partial charge on any atom is -0.508 e. The number of aliphatic hydroxyl groups is 1. The number of phenolic OH excluding ortho intramolecular Hbond substituents is 1. The van der Waals surface area contributed by atoms with Gasteiger partial charge in [-0.2, -0.15) is 0 Å². The number of hydrogen-bond donors (Lipinski definition) is 2. The molecule has 0 saturated carbocycles. The highest BCUT2D eigenvalue weighted by atomic mass is 16.3. The van der Waals surface area contributed by atoms with Gasteiger partial charge in [0.1, 0.15) is 5.75 Å². The average Bonchev–Trinajstić information content (AvgIpc) is 2.29. The van der Waals surface area contributed by atoms with Crippen LogP contribution in [0, 0.1) is 0 Å². The fourth-order valence-electron chi connectivity index (χ4n) is 2.08. The van der Waals surface area contributed by atoms with E-state index in [0.717, 1.165) is 19.3 Å². The lowest BCUT2D eigenvalue weighted by molar-refractivity contribution is 0.280. The lowest BCUT2D eigenvalue weighted by Crippen LogP contribution is -1.99. The number of benzene rings is 1. The summed E-state index contributed by atoms with van der Waals surface area (Å²) in [5, 5.41) is 18.0. The topological polar surface area (TPSA) is 40.5 Å². The first-order valence-electron chi connectivity index (χ1n) is 6.17. The van der Waals surface area contributed by atoms with Crippen molar-refractivity contribution in [2.24, 2.45) is 0 Å². The highest BCUT2D eigenvalue weighted by Crippen LogP contribution is 2.27. The molecule has 90 valence electrons. The Morgan fingerprint density at radius 3 is 2.31 bits per heavy atom. The van der Waals surface area contributed by atoms with E-state index in [2.05, 4.69) is 6.92 Å². The molecule has 1 aromatic carbocycles. The highest BCUT2D eigenvalue weighted by Gasteiger charge is 2.10. The molecular formula is C14H22O2. The maximum absolute atomic E-state index is 9.25. The molecule has 1 atom stereocenters. The summed E-state index contributed by atoms with van der Waals surface area (Å²) in [6.07, 6.45) is 5.43. The molecule has 0 aliphatic heterocycles. The lowest BCUT2D eigenvalue weighted by atomic mass is 9.90. The monoisotopic (exact) mass is 222 g/mol. The van der Waals surface area contributed by atoms with Gasteiger partial charge in [0.15, 0.2) is 0 Å². The third kappa shape index (κ3) is 4.23. The Morgan fingerprint density at radius 1 is 1.06 bits per heavy atom. The Hall–Kier alpha value is -1.02. The van der Waals surface area contributed by atoms with Crippen LogP contribution in [-0.4, -0.2) is 16.8 Å². The molecule has 0 bridgehead atoms. The number of phenols is 1. The summed E-state index contributed by atoms with van der Waals surface area (Å²) < 4.78 is 0.